The number of nitrogens with two attached hydrogens (primary N) is 1. The normalized spacial score (nSPS) is 22.9. The summed E-state index contributed by atoms with van der Waals surface area (Å²) >= 11 is 0. The summed E-state index contributed by atoms with van der Waals surface area (Å²) in [6, 6.07) is 0. The minimum atomic E-state index is -0.767. The first-order chi connectivity index (χ1) is 9.64. The Bertz CT molecular complexity index is 482. The van der Waals surface area contributed by atoms with Crippen molar-refractivity contribution in [1.29, 1.82) is 0 Å². The molecule has 0 spiro atoms. The van der Waals surface area contributed by atoms with E-state index >= 15 is 0 Å². The summed E-state index contributed by atoms with van der Waals surface area (Å²) < 4.78 is 10.4. The van der Waals surface area contributed by atoms with Gasteiger partial charge in [-0.1, -0.05) is 0 Å². The van der Waals surface area contributed by atoms with Crippen molar-refractivity contribution < 1.29 is 14.3 Å². The minimum absolute atomic E-state index is 0.283. The molecule has 0 bridgehead atoms. The summed E-state index contributed by atoms with van der Waals surface area (Å²) in [4.78, 5) is 22.3. The predicted octanol–water partition coefficient (Wildman–Crippen LogP) is -0.0485. The molecule has 1 aromatic rings. The molecule has 2 N–H and O–H groups in total. The Morgan fingerprint density at radius 2 is 2.20 bits per heavy atom. The Hall–Kier alpha value is -1.73. The third-order valence-corrected chi connectivity index (χ3v) is 3.74. The van der Waals surface area contributed by atoms with Gasteiger partial charge in [0, 0.05) is 26.0 Å². The van der Waals surface area contributed by atoms with Crippen LogP contribution in [0.2, 0.25) is 0 Å². The highest BCUT2D eigenvalue weighted by Crippen LogP contribution is 2.31. The highest BCUT2D eigenvalue weighted by molar-refractivity contribution is 5.85. The molecule has 1 atom stereocenters. The van der Waals surface area contributed by atoms with Crippen molar-refractivity contribution in [1.82, 2.24) is 14.9 Å². The van der Waals surface area contributed by atoms with Gasteiger partial charge in [0.15, 0.2) is 0 Å². The van der Waals surface area contributed by atoms with Gasteiger partial charge in [0.1, 0.15) is 11.2 Å². The zero-order valence-corrected chi connectivity index (χ0v) is 11.8. The number of amides is 1. The summed E-state index contributed by atoms with van der Waals surface area (Å²) in [5.41, 5.74) is 5.53. The summed E-state index contributed by atoms with van der Waals surface area (Å²) in [6.45, 7) is 1.51. The van der Waals surface area contributed by atoms with E-state index in [-0.39, 0.29) is 12.5 Å². The lowest BCUT2D eigenvalue weighted by molar-refractivity contribution is -0.132. The van der Waals surface area contributed by atoms with Crippen molar-refractivity contribution in [2.45, 2.75) is 24.9 Å². The van der Waals surface area contributed by atoms with Crippen LogP contribution in [0.5, 0.6) is 5.88 Å². The highest BCUT2D eigenvalue weighted by atomic mass is 16.5. The van der Waals surface area contributed by atoms with E-state index in [1.807, 2.05) is 4.90 Å². The van der Waals surface area contributed by atoms with Crippen molar-refractivity contribution in [2.75, 3.05) is 27.4 Å². The summed E-state index contributed by atoms with van der Waals surface area (Å²) in [5.74, 6) is 0.106. The topological polar surface area (TPSA) is 90.6 Å². The van der Waals surface area contributed by atoms with Crippen molar-refractivity contribution in [3.63, 3.8) is 0 Å². The zero-order valence-electron chi connectivity index (χ0n) is 11.8. The van der Waals surface area contributed by atoms with Crippen LogP contribution in [0.25, 0.3) is 0 Å². The van der Waals surface area contributed by atoms with E-state index in [9.17, 15) is 4.79 Å². The number of hydrogen-bond acceptors (Lipinski definition) is 6. The minimum Gasteiger partial charge on any atom is -0.480 e. The lowest BCUT2D eigenvalue weighted by atomic mass is 9.96. The van der Waals surface area contributed by atoms with E-state index in [0.717, 1.165) is 13.0 Å². The third-order valence-electron chi connectivity index (χ3n) is 3.74. The van der Waals surface area contributed by atoms with Gasteiger partial charge in [-0.15, -0.1) is 0 Å². The Kier molecular flexibility index (Phi) is 4.51. The maximum absolute atomic E-state index is 11.9. The van der Waals surface area contributed by atoms with Gasteiger partial charge in [0.25, 0.3) is 0 Å². The lowest BCUT2D eigenvalue weighted by Crippen LogP contribution is -2.56. The lowest BCUT2D eigenvalue weighted by Gasteiger charge is -2.34. The number of carbonyl (C=O) groups excluding carboxylic acids is 1. The molecule has 1 unspecified atom stereocenters. The van der Waals surface area contributed by atoms with Gasteiger partial charge >= 0.3 is 0 Å². The number of hydrogen-bond donors (Lipinski definition) is 1. The summed E-state index contributed by atoms with van der Waals surface area (Å²) in [5, 5.41) is 0. The molecule has 1 aromatic heterocycles. The van der Waals surface area contributed by atoms with Crippen molar-refractivity contribution in [2.24, 2.45) is 5.73 Å². The first-order valence-corrected chi connectivity index (χ1v) is 6.52. The fourth-order valence-electron chi connectivity index (χ4n) is 2.73. The van der Waals surface area contributed by atoms with E-state index in [4.69, 9.17) is 15.2 Å². The van der Waals surface area contributed by atoms with Crippen LogP contribution in [-0.2, 0) is 16.1 Å². The molecule has 7 nitrogen and oxygen atoms in total. The predicted molar refractivity (Wildman–Crippen MR) is 72.0 cm³/mol. The van der Waals surface area contributed by atoms with Crippen molar-refractivity contribution in [3.8, 4) is 5.88 Å². The highest BCUT2D eigenvalue weighted by Gasteiger charge is 2.46. The largest absolute Gasteiger partial charge is 0.480 e. The standard InChI is InChI=1S/C13H20N4O3/c1-19-9-13(12(14)18)4-3-7-17(13)8-10-11(20-2)16-6-5-15-10/h5-6H,3-4,7-9H2,1-2H3,(H2,14,18). The van der Waals surface area contributed by atoms with Gasteiger partial charge < -0.3 is 15.2 Å². The molecular formula is C13H20N4O3. The zero-order chi connectivity index (χ0) is 14.6. The van der Waals surface area contributed by atoms with Gasteiger partial charge in [-0.25, -0.2) is 4.98 Å². The fraction of sp³-hybridized carbons (Fsp3) is 0.615. The number of ether oxygens (including phenoxy) is 2. The number of methoxy groups -OCH3 is 2. The van der Waals surface area contributed by atoms with E-state index in [0.29, 0.717) is 24.5 Å². The molecule has 7 heteroatoms. The second-order valence-corrected chi connectivity index (χ2v) is 4.87. The average Bonchev–Trinajstić information content (AvgIpc) is 2.84. The van der Waals surface area contributed by atoms with E-state index in [1.54, 1.807) is 26.6 Å². The smallest absolute Gasteiger partial charge is 0.240 e. The molecule has 1 aliphatic rings. The number of aromatic nitrogens is 2. The van der Waals surface area contributed by atoms with Crippen LogP contribution in [-0.4, -0.2) is 53.7 Å². The first-order valence-electron chi connectivity index (χ1n) is 6.52. The van der Waals surface area contributed by atoms with Gasteiger partial charge in [0.05, 0.1) is 13.7 Å². The molecule has 1 fully saturated rings. The number of rotatable bonds is 6. The molecule has 1 aliphatic heterocycles. The Morgan fingerprint density at radius 3 is 2.85 bits per heavy atom. The van der Waals surface area contributed by atoms with Crippen LogP contribution in [0.4, 0.5) is 0 Å². The van der Waals surface area contributed by atoms with E-state index < -0.39 is 5.54 Å². The first kappa shape index (κ1) is 14.7. The SMILES string of the molecule is COCC1(C(N)=O)CCCN1Cc1nccnc1OC. The maximum atomic E-state index is 11.9. The van der Waals surface area contributed by atoms with Gasteiger partial charge in [-0.3, -0.25) is 14.7 Å². The molecule has 0 aromatic carbocycles. The van der Waals surface area contributed by atoms with Crippen molar-refractivity contribution >= 4 is 5.91 Å². The summed E-state index contributed by atoms with van der Waals surface area (Å²) in [6.07, 6.45) is 4.77. The van der Waals surface area contributed by atoms with E-state index in [1.165, 1.54) is 0 Å². The second-order valence-electron chi connectivity index (χ2n) is 4.87. The second kappa shape index (κ2) is 6.15. The third kappa shape index (κ3) is 2.59. The molecule has 0 saturated carbocycles. The van der Waals surface area contributed by atoms with Crippen LogP contribution in [0.15, 0.2) is 12.4 Å². The molecule has 0 aliphatic carbocycles. The van der Waals surface area contributed by atoms with Crippen LogP contribution in [0.3, 0.4) is 0 Å². The van der Waals surface area contributed by atoms with Gasteiger partial charge in [-0.2, -0.15) is 0 Å². The molecule has 2 rings (SSSR count). The average molecular weight is 280 g/mol. The Morgan fingerprint density at radius 1 is 1.45 bits per heavy atom. The Balaban J connectivity index is 2.24. The van der Waals surface area contributed by atoms with Gasteiger partial charge in [0.2, 0.25) is 11.8 Å². The molecular weight excluding hydrogens is 260 g/mol. The maximum Gasteiger partial charge on any atom is 0.240 e. The number of likely N-dealkylation sites (tertiary alicyclic amines) is 1. The molecule has 2 heterocycles. The van der Waals surface area contributed by atoms with Crippen LogP contribution < -0.4 is 10.5 Å². The molecule has 1 saturated heterocycles. The quantitative estimate of drug-likeness (QED) is 0.785. The van der Waals surface area contributed by atoms with Crippen molar-refractivity contribution in [3.05, 3.63) is 18.1 Å². The molecule has 110 valence electrons. The van der Waals surface area contributed by atoms with E-state index in [2.05, 4.69) is 9.97 Å². The van der Waals surface area contributed by atoms with Crippen LogP contribution in [0, 0.1) is 0 Å². The number of nitrogens with zero attached hydrogens (tertiary/aromatic N) is 3. The molecule has 0 radical (unpaired) electrons. The van der Waals surface area contributed by atoms with Crippen LogP contribution in [0.1, 0.15) is 18.5 Å². The number of primary amides is 1. The summed E-state index contributed by atoms with van der Waals surface area (Å²) in [7, 11) is 3.12. The van der Waals surface area contributed by atoms with Gasteiger partial charge in [-0.05, 0) is 19.4 Å². The Labute approximate surface area is 118 Å². The molecule has 20 heavy (non-hydrogen) atoms. The van der Waals surface area contributed by atoms with Crippen LogP contribution >= 0.6 is 0 Å². The fourth-order valence-corrected chi connectivity index (χ4v) is 2.73. The molecule has 1 amide bonds. The monoisotopic (exact) mass is 280 g/mol. The number of carbonyl (C=O) groups is 1.